The van der Waals surface area contributed by atoms with Gasteiger partial charge in [-0.05, 0) is 37.0 Å². The largest absolute Gasteiger partial charge is 0.347 e. The first-order valence-electron chi connectivity index (χ1n) is 9.20. The van der Waals surface area contributed by atoms with Crippen LogP contribution in [0.3, 0.4) is 0 Å². The molecule has 152 valence electrons. The van der Waals surface area contributed by atoms with E-state index in [1.54, 1.807) is 0 Å². The molecule has 2 aromatic carbocycles. The fourth-order valence-corrected chi connectivity index (χ4v) is 4.31. The monoisotopic (exact) mass is 406 g/mol. The molecule has 0 saturated heterocycles. The Kier molecular flexibility index (Phi) is 7.18. The minimum absolute atomic E-state index is 0.146. The Balaban J connectivity index is 2.32. The zero-order valence-electron chi connectivity index (χ0n) is 16.6. The molecule has 0 heterocycles. The molecule has 7 heteroatoms. The fourth-order valence-electron chi connectivity index (χ4n) is 3.14. The molecular weight excluding hydrogens is 379 g/mol. The van der Waals surface area contributed by atoms with Crippen LogP contribution in [0.4, 0.5) is 10.1 Å². The van der Waals surface area contributed by atoms with Crippen molar-refractivity contribution in [3.63, 3.8) is 0 Å². The van der Waals surface area contributed by atoms with E-state index in [-0.39, 0.29) is 11.7 Å². The number of nitrogens with one attached hydrogen (secondary N) is 1. The van der Waals surface area contributed by atoms with Gasteiger partial charge in [0.2, 0.25) is 15.9 Å². The standard InChI is InChI=1S/C21H27FN2O3S/c1-15(2)14-19(17-10-6-5-7-11-17)23-21(25)16(3)24(28(4,26)27)20-13-9-8-12-18(20)22/h5-13,15-16,19H,14H2,1-4H3,(H,23,25)/t16-,19-/m1/s1. The Morgan fingerprint density at radius 3 is 2.14 bits per heavy atom. The second-order valence-corrected chi connectivity index (χ2v) is 9.15. The normalized spacial score (nSPS) is 13.8. The van der Waals surface area contributed by atoms with Gasteiger partial charge >= 0.3 is 0 Å². The van der Waals surface area contributed by atoms with Crippen LogP contribution in [0.1, 0.15) is 38.8 Å². The van der Waals surface area contributed by atoms with Gasteiger partial charge in [-0.1, -0.05) is 56.3 Å². The van der Waals surface area contributed by atoms with Gasteiger partial charge in [-0.3, -0.25) is 9.10 Å². The Hall–Kier alpha value is -2.41. The molecule has 1 amide bonds. The van der Waals surface area contributed by atoms with Gasteiger partial charge in [0.15, 0.2) is 0 Å². The summed E-state index contributed by atoms with van der Waals surface area (Å²) in [4.78, 5) is 12.9. The lowest BCUT2D eigenvalue weighted by molar-refractivity contribution is -0.122. The predicted molar refractivity (Wildman–Crippen MR) is 110 cm³/mol. The fraction of sp³-hybridized carbons (Fsp3) is 0.381. The number of para-hydroxylation sites is 1. The number of carbonyl (C=O) groups excluding carboxylic acids is 1. The average Bonchev–Trinajstić information content (AvgIpc) is 2.62. The number of anilines is 1. The molecule has 0 aromatic heterocycles. The van der Waals surface area contributed by atoms with E-state index in [1.807, 2.05) is 44.2 Å². The molecule has 0 spiro atoms. The topological polar surface area (TPSA) is 66.5 Å². The Morgan fingerprint density at radius 2 is 1.61 bits per heavy atom. The molecule has 0 radical (unpaired) electrons. The molecule has 0 aliphatic rings. The van der Waals surface area contributed by atoms with Crippen LogP contribution in [0.25, 0.3) is 0 Å². The molecule has 2 atom stereocenters. The molecule has 0 aliphatic heterocycles. The van der Waals surface area contributed by atoms with Gasteiger partial charge in [0, 0.05) is 0 Å². The molecule has 0 aliphatic carbocycles. The van der Waals surface area contributed by atoms with E-state index >= 15 is 0 Å². The number of benzene rings is 2. The maximum absolute atomic E-state index is 14.3. The summed E-state index contributed by atoms with van der Waals surface area (Å²) < 4.78 is 39.8. The number of hydrogen-bond donors (Lipinski definition) is 1. The molecule has 1 N–H and O–H groups in total. The van der Waals surface area contributed by atoms with Crippen LogP contribution in [-0.2, 0) is 14.8 Å². The third kappa shape index (κ3) is 5.55. The Bertz CT molecular complexity index is 901. The maximum Gasteiger partial charge on any atom is 0.244 e. The summed E-state index contributed by atoms with van der Waals surface area (Å²) in [6.45, 7) is 5.56. The molecule has 0 unspecified atom stereocenters. The van der Waals surface area contributed by atoms with Crippen LogP contribution in [0.15, 0.2) is 54.6 Å². The number of carbonyl (C=O) groups is 1. The number of halogens is 1. The van der Waals surface area contributed by atoms with Gasteiger partial charge in [-0.25, -0.2) is 12.8 Å². The Labute approximate surface area is 166 Å². The second-order valence-electron chi connectivity index (χ2n) is 7.29. The quantitative estimate of drug-likeness (QED) is 0.723. The molecule has 0 bridgehead atoms. The molecule has 28 heavy (non-hydrogen) atoms. The molecule has 2 aromatic rings. The van der Waals surface area contributed by atoms with Crippen molar-refractivity contribution >= 4 is 21.6 Å². The number of rotatable bonds is 8. The Morgan fingerprint density at radius 1 is 1.04 bits per heavy atom. The highest BCUT2D eigenvalue weighted by Crippen LogP contribution is 2.26. The van der Waals surface area contributed by atoms with Crippen molar-refractivity contribution in [3.8, 4) is 0 Å². The zero-order valence-corrected chi connectivity index (χ0v) is 17.4. The molecular formula is C21H27FN2O3S. The van der Waals surface area contributed by atoms with Gasteiger partial charge in [0.05, 0.1) is 18.0 Å². The van der Waals surface area contributed by atoms with E-state index in [0.717, 1.165) is 16.1 Å². The summed E-state index contributed by atoms with van der Waals surface area (Å²) in [6, 6.07) is 13.7. The number of amides is 1. The van der Waals surface area contributed by atoms with Crippen molar-refractivity contribution in [2.75, 3.05) is 10.6 Å². The van der Waals surface area contributed by atoms with Crippen LogP contribution in [-0.4, -0.2) is 26.6 Å². The summed E-state index contributed by atoms with van der Waals surface area (Å²) in [6.07, 6.45) is 1.66. The van der Waals surface area contributed by atoms with Gasteiger partial charge in [0.25, 0.3) is 0 Å². The zero-order chi connectivity index (χ0) is 20.9. The van der Waals surface area contributed by atoms with Crippen molar-refractivity contribution in [1.82, 2.24) is 5.32 Å². The van der Waals surface area contributed by atoms with Crippen LogP contribution in [0.5, 0.6) is 0 Å². The van der Waals surface area contributed by atoms with Crippen LogP contribution >= 0.6 is 0 Å². The number of nitrogens with zero attached hydrogens (tertiary/aromatic N) is 1. The van der Waals surface area contributed by atoms with Gasteiger partial charge in [-0.15, -0.1) is 0 Å². The highest BCUT2D eigenvalue weighted by Gasteiger charge is 2.32. The van der Waals surface area contributed by atoms with E-state index < -0.39 is 27.8 Å². The van der Waals surface area contributed by atoms with Crippen molar-refractivity contribution in [3.05, 3.63) is 66.0 Å². The smallest absolute Gasteiger partial charge is 0.244 e. The first kappa shape index (κ1) is 21.9. The summed E-state index contributed by atoms with van der Waals surface area (Å²) in [5.41, 5.74) is 0.793. The molecule has 0 fully saturated rings. The lowest BCUT2D eigenvalue weighted by atomic mass is 9.96. The lowest BCUT2D eigenvalue weighted by Crippen LogP contribution is -2.49. The first-order valence-corrected chi connectivity index (χ1v) is 11.0. The third-order valence-electron chi connectivity index (χ3n) is 4.40. The van der Waals surface area contributed by atoms with Gasteiger partial charge in [-0.2, -0.15) is 0 Å². The van der Waals surface area contributed by atoms with Crippen molar-refractivity contribution < 1.29 is 17.6 Å². The molecule has 0 saturated carbocycles. The molecule has 2 rings (SSSR count). The van der Waals surface area contributed by atoms with E-state index in [2.05, 4.69) is 5.32 Å². The van der Waals surface area contributed by atoms with Crippen molar-refractivity contribution in [1.29, 1.82) is 0 Å². The highest BCUT2D eigenvalue weighted by molar-refractivity contribution is 7.92. The van der Waals surface area contributed by atoms with E-state index in [0.29, 0.717) is 12.3 Å². The minimum Gasteiger partial charge on any atom is -0.347 e. The van der Waals surface area contributed by atoms with Gasteiger partial charge in [0.1, 0.15) is 11.9 Å². The van der Waals surface area contributed by atoms with Crippen molar-refractivity contribution in [2.24, 2.45) is 5.92 Å². The second kappa shape index (κ2) is 9.19. The number of hydrogen-bond acceptors (Lipinski definition) is 3. The lowest BCUT2D eigenvalue weighted by Gasteiger charge is -2.30. The van der Waals surface area contributed by atoms with Crippen LogP contribution < -0.4 is 9.62 Å². The van der Waals surface area contributed by atoms with Crippen LogP contribution in [0.2, 0.25) is 0 Å². The number of sulfonamides is 1. The van der Waals surface area contributed by atoms with E-state index in [9.17, 15) is 17.6 Å². The third-order valence-corrected chi connectivity index (χ3v) is 5.63. The van der Waals surface area contributed by atoms with Crippen molar-refractivity contribution in [2.45, 2.75) is 39.3 Å². The molecule has 5 nitrogen and oxygen atoms in total. The average molecular weight is 407 g/mol. The summed E-state index contributed by atoms with van der Waals surface area (Å²) >= 11 is 0. The van der Waals surface area contributed by atoms with Crippen LogP contribution in [0, 0.1) is 11.7 Å². The minimum atomic E-state index is -3.88. The SMILES string of the molecule is CC(C)C[C@@H](NC(=O)[C@@H](C)N(c1ccccc1F)S(C)(=O)=O)c1ccccc1. The first-order chi connectivity index (χ1) is 13.1. The summed E-state index contributed by atoms with van der Waals surface area (Å²) in [5, 5.41) is 2.94. The predicted octanol–water partition coefficient (Wildman–Crippen LogP) is 3.88. The van der Waals surface area contributed by atoms with Gasteiger partial charge < -0.3 is 5.32 Å². The maximum atomic E-state index is 14.3. The van der Waals surface area contributed by atoms with E-state index in [4.69, 9.17) is 0 Å². The van der Waals surface area contributed by atoms with E-state index in [1.165, 1.54) is 31.2 Å². The summed E-state index contributed by atoms with van der Waals surface area (Å²) in [7, 11) is -3.88. The summed E-state index contributed by atoms with van der Waals surface area (Å²) in [5.74, 6) is -0.865. The highest BCUT2D eigenvalue weighted by atomic mass is 32.2.